The second kappa shape index (κ2) is 5.85. The van der Waals surface area contributed by atoms with Gasteiger partial charge >= 0.3 is 0 Å². The lowest BCUT2D eigenvalue weighted by molar-refractivity contribution is 0.0661. The Balaban J connectivity index is 0.00000144. The van der Waals surface area contributed by atoms with E-state index in [0.717, 1.165) is 24.5 Å². The molecule has 1 atom stereocenters. The van der Waals surface area contributed by atoms with Crippen LogP contribution >= 0.6 is 23.7 Å². The highest BCUT2D eigenvalue weighted by atomic mass is 35.5. The van der Waals surface area contributed by atoms with Crippen molar-refractivity contribution in [1.29, 1.82) is 0 Å². The number of halogens is 1. The average molecular weight is 275 g/mol. The predicted molar refractivity (Wildman–Crippen MR) is 74.4 cm³/mol. The number of amides is 1. The van der Waals surface area contributed by atoms with Gasteiger partial charge in [0.05, 0.1) is 4.88 Å². The van der Waals surface area contributed by atoms with Crippen molar-refractivity contribution in [3.63, 3.8) is 0 Å². The molecule has 1 aromatic heterocycles. The Bertz CT molecular complexity index is 386. The summed E-state index contributed by atoms with van der Waals surface area (Å²) in [5, 5.41) is 3.30. The van der Waals surface area contributed by atoms with Crippen molar-refractivity contribution < 1.29 is 4.79 Å². The van der Waals surface area contributed by atoms with Gasteiger partial charge in [0.15, 0.2) is 0 Å². The first kappa shape index (κ1) is 14.5. The molecule has 1 aliphatic rings. The Kier molecular flexibility index (Phi) is 4.98. The molecule has 1 aromatic rings. The summed E-state index contributed by atoms with van der Waals surface area (Å²) < 4.78 is 0. The molecule has 0 spiro atoms. The van der Waals surface area contributed by atoms with Gasteiger partial charge in [-0.3, -0.25) is 4.79 Å². The Morgan fingerprint density at radius 2 is 2.24 bits per heavy atom. The van der Waals surface area contributed by atoms with Crippen molar-refractivity contribution in [1.82, 2.24) is 10.2 Å². The van der Waals surface area contributed by atoms with Crippen LogP contribution in [-0.2, 0) is 0 Å². The fraction of sp³-hybridized carbons (Fsp3) is 0.583. The summed E-state index contributed by atoms with van der Waals surface area (Å²) in [4.78, 5) is 16.4. The van der Waals surface area contributed by atoms with Crippen molar-refractivity contribution in [3.8, 4) is 0 Å². The molecule has 1 aliphatic heterocycles. The van der Waals surface area contributed by atoms with Crippen molar-refractivity contribution >= 4 is 29.7 Å². The number of nitrogens with one attached hydrogen (secondary N) is 1. The minimum absolute atomic E-state index is 0. The smallest absolute Gasteiger partial charge is 0.264 e. The summed E-state index contributed by atoms with van der Waals surface area (Å²) in [7, 11) is 0. The second-order valence-corrected chi connectivity index (χ2v) is 5.66. The zero-order chi connectivity index (χ0) is 11.7. The third-order valence-corrected chi connectivity index (χ3v) is 4.28. The Labute approximate surface area is 113 Å². The number of hydrogen-bond acceptors (Lipinski definition) is 3. The summed E-state index contributed by atoms with van der Waals surface area (Å²) in [6, 6.07) is 2.31. The lowest BCUT2D eigenvalue weighted by atomic mass is 10.2. The van der Waals surface area contributed by atoms with Crippen molar-refractivity contribution in [2.24, 2.45) is 0 Å². The van der Waals surface area contributed by atoms with Crippen molar-refractivity contribution in [2.45, 2.75) is 26.8 Å². The normalized spacial score (nSPS) is 19.9. The molecular weight excluding hydrogens is 256 g/mol. The van der Waals surface area contributed by atoms with Crippen LogP contribution in [0.25, 0.3) is 0 Å². The SMILES string of the molecule is Cc1cc(C(=O)N2CCNC[C@@H]2C)sc1C.Cl. The predicted octanol–water partition coefficient (Wildman–Crippen LogP) is 2.22. The monoisotopic (exact) mass is 274 g/mol. The Morgan fingerprint density at radius 1 is 1.53 bits per heavy atom. The summed E-state index contributed by atoms with van der Waals surface area (Å²) in [6.45, 7) is 8.84. The molecule has 0 aliphatic carbocycles. The quantitative estimate of drug-likeness (QED) is 0.852. The highest BCUT2D eigenvalue weighted by Gasteiger charge is 2.25. The van der Waals surface area contributed by atoms with E-state index in [4.69, 9.17) is 0 Å². The van der Waals surface area contributed by atoms with Crippen LogP contribution < -0.4 is 5.32 Å². The van der Waals surface area contributed by atoms with Gasteiger partial charge in [-0.05, 0) is 32.4 Å². The molecule has 3 nitrogen and oxygen atoms in total. The third-order valence-electron chi connectivity index (χ3n) is 3.14. The van der Waals surface area contributed by atoms with Crippen LogP contribution in [0.15, 0.2) is 6.07 Å². The number of hydrogen-bond donors (Lipinski definition) is 1. The van der Waals surface area contributed by atoms with Gasteiger partial charge in [0, 0.05) is 30.6 Å². The van der Waals surface area contributed by atoms with E-state index >= 15 is 0 Å². The van der Waals surface area contributed by atoms with Crippen molar-refractivity contribution in [3.05, 3.63) is 21.4 Å². The largest absolute Gasteiger partial charge is 0.333 e. The third kappa shape index (κ3) is 3.00. The summed E-state index contributed by atoms with van der Waals surface area (Å²) in [5.41, 5.74) is 1.22. The molecule has 1 N–H and O–H groups in total. The Hall–Kier alpha value is -0.580. The van der Waals surface area contributed by atoms with Gasteiger partial charge in [0.25, 0.3) is 5.91 Å². The first-order valence-electron chi connectivity index (χ1n) is 5.68. The maximum Gasteiger partial charge on any atom is 0.264 e. The molecule has 1 fully saturated rings. The van der Waals surface area contributed by atoms with Gasteiger partial charge < -0.3 is 10.2 Å². The number of rotatable bonds is 1. The van der Waals surface area contributed by atoms with E-state index < -0.39 is 0 Å². The van der Waals surface area contributed by atoms with Gasteiger partial charge in [-0.25, -0.2) is 0 Å². The van der Waals surface area contributed by atoms with Crippen LogP contribution in [-0.4, -0.2) is 36.5 Å². The van der Waals surface area contributed by atoms with Gasteiger partial charge in [-0.1, -0.05) is 0 Å². The minimum atomic E-state index is 0. The van der Waals surface area contributed by atoms with Gasteiger partial charge in [-0.2, -0.15) is 0 Å². The lowest BCUT2D eigenvalue weighted by Crippen LogP contribution is -2.52. The molecule has 0 aromatic carbocycles. The maximum atomic E-state index is 12.3. The molecule has 1 amide bonds. The van der Waals surface area contributed by atoms with E-state index in [0.29, 0.717) is 6.04 Å². The number of piperazine rings is 1. The number of thiophene rings is 1. The molecule has 2 rings (SSSR count). The molecule has 0 bridgehead atoms. The van der Waals surface area contributed by atoms with E-state index in [9.17, 15) is 4.79 Å². The summed E-state index contributed by atoms with van der Waals surface area (Å²) >= 11 is 1.61. The molecular formula is C12H19ClN2OS. The molecule has 17 heavy (non-hydrogen) atoms. The highest BCUT2D eigenvalue weighted by Crippen LogP contribution is 2.23. The molecule has 5 heteroatoms. The first-order chi connectivity index (χ1) is 7.59. The minimum Gasteiger partial charge on any atom is -0.333 e. The fourth-order valence-electron chi connectivity index (χ4n) is 1.96. The number of nitrogens with zero attached hydrogens (tertiary/aromatic N) is 1. The molecule has 0 radical (unpaired) electrons. The number of carbonyl (C=O) groups is 1. The van der Waals surface area contributed by atoms with Crippen LogP contribution in [0, 0.1) is 13.8 Å². The van der Waals surface area contributed by atoms with Crippen LogP contribution in [0.5, 0.6) is 0 Å². The van der Waals surface area contributed by atoms with Gasteiger partial charge in [0.2, 0.25) is 0 Å². The van der Waals surface area contributed by atoms with E-state index in [1.54, 1.807) is 11.3 Å². The van der Waals surface area contributed by atoms with E-state index in [2.05, 4.69) is 26.1 Å². The van der Waals surface area contributed by atoms with Crippen LogP contribution in [0.1, 0.15) is 27.0 Å². The zero-order valence-electron chi connectivity index (χ0n) is 10.4. The van der Waals surface area contributed by atoms with Crippen LogP contribution in [0.3, 0.4) is 0 Å². The standard InChI is InChI=1S/C12H18N2OS.ClH/c1-8-6-11(16-10(8)3)12(15)14-5-4-13-7-9(14)2;/h6,9,13H,4-5,7H2,1-3H3;1H/t9-;/m0./s1. The topological polar surface area (TPSA) is 32.3 Å². The summed E-state index contributed by atoms with van der Waals surface area (Å²) in [6.07, 6.45) is 0. The first-order valence-corrected chi connectivity index (χ1v) is 6.50. The van der Waals surface area contributed by atoms with E-state index in [-0.39, 0.29) is 18.3 Å². The van der Waals surface area contributed by atoms with Crippen molar-refractivity contribution in [2.75, 3.05) is 19.6 Å². The maximum absolute atomic E-state index is 12.3. The molecule has 96 valence electrons. The fourth-order valence-corrected chi connectivity index (χ4v) is 2.95. The van der Waals surface area contributed by atoms with Crippen LogP contribution in [0.2, 0.25) is 0 Å². The molecule has 1 saturated heterocycles. The zero-order valence-corrected chi connectivity index (χ0v) is 12.1. The lowest BCUT2D eigenvalue weighted by Gasteiger charge is -2.33. The van der Waals surface area contributed by atoms with E-state index in [1.165, 1.54) is 10.4 Å². The number of aryl methyl sites for hydroxylation is 2. The Morgan fingerprint density at radius 3 is 2.76 bits per heavy atom. The van der Waals surface area contributed by atoms with E-state index in [1.807, 2.05) is 11.0 Å². The molecule has 0 saturated carbocycles. The highest BCUT2D eigenvalue weighted by molar-refractivity contribution is 7.14. The van der Waals surface area contributed by atoms with Gasteiger partial charge in [-0.15, -0.1) is 23.7 Å². The van der Waals surface area contributed by atoms with Gasteiger partial charge in [0.1, 0.15) is 0 Å². The summed E-state index contributed by atoms with van der Waals surface area (Å²) in [5.74, 6) is 0.190. The molecule has 0 unspecified atom stereocenters. The number of carbonyl (C=O) groups excluding carboxylic acids is 1. The average Bonchev–Trinajstić information content (AvgIpc) is 2.59. The second-order valence-electron chi connectivity index (χ2n) is 4.40. The van der Waals surface area contributed by atoms with Crippen LogP contribution in [0.4, 0.5) is 0 Å². The molecule has 2 heterocycles.